The summed E-state index contributed by atoms with van der Waals surface area (Å²) in [6.07, 6.45) is 1.47. The Morgan fingerprint density at radius 3 is 2.60 bits per heavy atom. The van der Waals surface area contributed by atoms with Gasteiger partial charge >= 0.3 is 5.97 Å². The lowest BCUT2D eigenvalue weighted by Crippen LogP contribution is -2.41. The minimum absolute atomic E-state index is 0. The van der Waals surface area contributed by atoms with Crippen molar-refractivity contribution >= 4 is 17.7 Å². The third-order valence-electron chi connectivity index (χ3n) is 3.42. The van der Waals surface area contributed by atoms with Crippen LogP contribution in [-0.2, 0) is 4.79 Å². The molecule has 1 aliphatic rings. The molecule has 0 fully saturated rings. The highest BCUT2D eigenvalue weighted by Crippen LogP contribution is 2.27. The zero-order valence-electron chi connectivity index (χ0n) is 11.7. The third kappa shape index (κ3) is 2.39. The number of carbonyl (C=O) groups is 2. The molecule has 0 bridgehead atoms. The number of hydrogen-bond acceptors (Lipinski definition) is 5. The maximum atomic E-state index is 12.0. The predicted octanol–water partition coefficient (Wildman–Crippen LogP) is 1.23. The van der Waals surface area contributed by atoms with Crippen molar-refractivity contribution in [1.29, 1.82) is 0 Å². The Bertz CT molecular complexity index is 583. The Balaban J connectivity index is 0.00000200. The highest BCUT2D eigenvalue weighted by atomic mass is 16.4. The number of aliphatic imine (C=N–C) groups is 1. The Hall–Kier alpha value is -2.28. The molecule has 1 atom stereocenters. The summed E-state index contributed by atoms with van der Waals surface area (Å²) in [5.41, 5.74) is -0.676. The van der Waals surface area contributed by atoms with Gasteiger partial charge in [-0.25, -0.2) is 9.79 Å². The summed E-state index contributed by atoms with van der Waals surface area (Å²) >= 11 is 0. The summed E-state index contributed by atoms with van der Waals surface area (Å²) < 4.78 is 0. The first-order valence-electron chi connectivity index (χ1n) is 5.96. The fourth-order valence-corrected chi connectivity index (χ4v) is 1.82. The molecule has 0 aromatic carbocycles. The molecule has 2 rings (SSSR count). The molecule has 1 amide bonds. The molecule has 1 unspecified atom stereocenters. The molecule has 108 valence electrons. The lowest BCUT2D eigenvalue weighted by Gasteiger charge is -2.21. The highest BCUT2D eigenvalue weighted by molar-refractivity contribution is 6.17. The number of amides is 1. The van der Waals surface area contributed by atoms with Crippen molar-refractivity contribution in [3.8, 4) is 0 Å². The lowest BCUT2D eigenvalue weighted by atomic mass is 9.89. The quantitative estimate of drug-likeness (QED) is 0.766. The molecule has 1 aromatic rings. The molecular weight excluding hydrogens is 260 g/mol. The Labute approximate surface area is 116 Å². The van der Waals surface area contributed by atoms with Crippen LogP contribution in [0.4, 0.5) is 0 Å². The van der Waals surface area contributed by atoms with Crippen LogP contribution in [0.25, 0.3) is 0 Å². The SMILES string of the molecule is CC(C)C1(C)N=C(c2ncccc2C(=O)O)NC1=O.N. The smallest absolute Gasteiger partial charge is 0.338 e. The van der Waals surface area contributed by atoms with Crippen LogP contribution in [0.3, 0.4) is 0 Å². The van der Waals surface area contributed by atoms with E-state index in [0.29, 0.717) is 0 Å². The standard InChI is InChI=1S/C13H15N3O3.H3N/c1-7(2)13(3)12(19)15-10(16-13)9-8(11(17)18)5-4-6-14-9;/h4-7H,1-3H3,(H,17,18)(H,15,16,19);1H3. The second-order valence-electron chi connectivity index (χ2n) is 4.92. The third-order valence-corrected chi connectivity index (χ3v) is 3.42. The van der Waals surface area contributed by atoms with E-state index in [2.05, 4.69) is 15.3 Å². The molecule has 0 saturated heterocycles. The minimum atomic E-state index is -1.10. The fourth-order valence-electron chi connectivity index (χ4n) is 1.82. The average Bonchev–Trinajstić information content (AvgIpc) is 2.67. The predicted molar refractivity (Wildman–Crippen MR) is 74.1 cm³/mol. The van der Waals surface area contributed by atoms with E-state index < -0.39 is 11.5 Å². The summed E-state index contributed by atoms with van der Waals surface area (Å²) in [4.78, 5) is 31.5. The van der Waals surface area contributed by atoms with Gasteiger partial charge in [-0.1, -0.05) is 13.8 Å². The minimum Gasteiger partial charge on any atom is -0.478 e. The number of rotatable bonds is 3. The van der Waals surface area contributed by atoms with Crippen LogP contribution in [0.1, 0.15) is 36.8 Å². The van der Waals surface area contributed by atoms with Crippen molar-refractivity contribution in [2.24, 2.45) is 10.9 Å². The van der Waals surface area contributed by atoms with E-state index in [0.717, 1.165) is 0 Å². The molecule has 5 N–H and O–H groups in total. The Kier molecular flexibility index (Phi) is 4.24. The number of aromatic nitrogens is 1. The maximum absolute atomic E-state index is 12.0. The maximum Gasteiger partial charge on any atom is 0.338 e. The van der Waals surface area contributed by atoms with Crippen molar-refractivity contribution in [1.82, 2.24) is 16.5 Å². The molecule has 1 aromatic heterocycles. The van der Waals surface area contributed by atoms with E-state index in [1.54, 1.807) is 6.92 Å². The number of amidine groups is 1. The molecule has 1 aliphatic heterocycles. The van der Waals surface area contributed by atoms with E-state index in [9.17, 15) is 9.59 Å². The van der Waals surface area contributed by atoms with Crippen molar-refractivity contribution in [3.63, 3.8) is 0 Å². The van der Waals surface area contributed by atoms with Gasteiger partial charge in [0.25, 0.3) is 5.91 Å². The van der Waals surface area contributed by atoms with Gasteiger partial charge in [0, 0.05) is 6.20 Å². The van der Waals surface area contributed by atoms with Crippen molar-refractivity contribution < 1.29 is 14.7 Å². The fraction of sp³-hybridized carbons (Fsp3) is 0.385. The van der Waals surface area contributed by atoms with Crippen LogP contribution in [0.2, 0.25) is 0 Å². The van der Waals surface area contributed by atoms with Gasteiger partial charge < -0.3 is 16.6 Å². The van der Waals surface area contributed by atoms with E-state index in [-0.39, 0.29) is 35.1 Å². The molecule has 0 aliphatic carbocycles. The molecule has 20 heavy (non-hydrogen) atoms. The van der Waals surface area contributed by atoms with Crippen LogP contribution in [0, 0.1) is 5.92 Å². The van der Waals surface area contributed by atoms with Crippen LogP contribution < -0.4 is 11.5 Å². The monoisotopic (exact) mass is 278 g/mol. The lowest BCUT2D eigenvalue weighted by molar-refractivity contribution is -0.124. The van der Waals surface area contributed by atoms with Crippen LogP contribution in [0.5, 0.6) is 0 Å². The zero-order chi connectivity index (χ0) is 14.2. The Morgan fingerprint density at radius 2 is 2.10 bits per heavy atom. The largest absolute Gasteiger partial charge is 0.478 e. The number of carboxylic acid groups (broad SMARTS) is 1. The van der Waals surface area contributed by atoms with Crippen LogP contribution in [-0.4, -0.2) is 33.3 Å². The number of aromatic carboxylic acids is 1. The van der Waals surface area contributed by atoms with Gasteiger partial charge in [0.1, 0.15) is 11.2 Å². The topological polar surface area (TPSA) is 127 Å². The van der Waals surface area contributed by atoms with Crippen LogP contribution >= 0.6 is 0 Å². The average molecular weight is 278 g/mol. The number of carboxylic acids is 1. The summed E-state index contributed by atoms with van der Waals surface area (Å²) in [6.45, 7) is 5.51. The van der Waals surface area contributed by atoms with Gasteiger partial charge in [-0.15, -0.1) is 0 Å². The molecule has 0 saturated carbocycles. The molecule has 0 spiro atoms. The van der Waals surface area contributed by atoms with Gasteiger partial charge in [-0.2, -0.15) is 0 Å². The van der Waals surface area contributed by atoms with Crippen molar-refractivity contribution in [3.05, 3.63) is 29.6 Å². The molecule has 7 nitrogen and oxygen atoms in total. The van der Waals surface area contributed by atoms with Gasteiger partial charge in [0.2, 0.25) is 0 Å². The zero-order valence-corrected chi connectivity index (χ0v) is 11.7. The summed E-state index contributed by atoms with van der Waals surface area (Å²) in [7, 11) is 0. The first-order valence-corrected chi connectivity index (χ1v) is 5.96. The van der Waals surface area contributed by atoms with E-state index >= 15 is 0 Å². The summed E-state index contributed by atoms with van der Waals surface area (Å²) in [6, 6.07) is 2.97. The van der Waals surface area contributed by atoms with Gasteiger partial charge in [0.15, 0.2) is 5.84 Å². The number of pyridine rings is 1. The second kappa shape index (κ2) is 5.38. The number of nitrogens with zero attached hydrogens (tertiary/aromatic N) is 2. The van der Waals surface area contributed by atoms with Crippen LogP contribution in [0.15, 0.2) is 23.3 Å². The van der Waals surface area contributed by atoms with E-state index in [1.807, 2.05) is 13.8 Å². The second-order valence-corrected chi connectivity index (χ2v) is 4.92. The van der Waals surface area contributed by atoms with Crippen molar-refractivity contribution in [2.75, 3.05) is 0 Å². The summed E-state index contributed by atoms with van der Waals surface area (Å²) in [5, 5.41) is 11.7. The first kappa shape index (κ1) is 15.8. The number of carbonyl (C=O) groups excluding carboxylic acids is 1. The normalized spacial score (nSPS) is 21.2. The van der Waals surface area contributed by atoms with E-state index in [4.69, 9.17) is 5.11 Å². The molecule has 7 heteroatoms. The van der Waals surface area contributed by atoms with Gasteiger partial charge in [0.05, 0.1) is 5.56 Å². The molecule has 2 heterocycles. The number of nitrogens with one attached hydrogen (secondary N) is 1. The van der Waals surface area contributed by atoms with Gasteiger partial charge in [-0.05, 0) is 25.0 Å². The highest BCUT2D eigenvalue weighted by Gasteiger charge is 2.42. The molecular formula is C13H18N4O3. The molecule has 0 radical (unpaired) electrons. The van der Waals surface area contributed by atoms with E-state index in [1.165, 1.54) is 18.3 Å². The summed E-state index contributed by atoms with van der Waals surface area (Å²) in [5.74, 6) is -1.11. The van der Waals surface area contributed by atoms with Gasteiger partial charge in [-0.3, -0.25) is 9.78 Å². The number of hydrogen-bond donors (Lipinski definition) is 3. The van der Waals surface area contributed by atoms with Crippen molar-refractivity contribution in [2.45, 2.75) is 26.3 Å². The first-order chi connectivity index (χ1) is 8.86. The Morgan fingerprint density at radius 1 is 1.45 bits per heavy atom.